The molecule has 1 aliphatic heterocycles. The highest BCUT2D eigenvalue weighted by molar-refractivity contribution is 5.91. The molecule has 0 saturated carbocycles. The number of methoxy groups -OCH3 is 2. The molecule has 1 amide bonds. The minimum Gasteiger partial charge on any atom is -0.497 e. The van der Waals surface area contributed by atoms with Gasteiger partial charge in [0.2, 0.25) is 0 Å². The van der Waals surface area contributed by atoms with Crippen molar-refractivity contribution in [1.82, 2.24) is 19.9 Å². The smallest absolute Gasteiger partial charge is 0.276 e. The van der Waals surface area contributed by atoms with Crippen molar-refractivity contribution in [2.24, 2.45) is 13.0 Å². The molecule has 146 valence electrons. The second-order valence-electron chi connectivity index (χ2n) is 6.75. The minimum atomic E-state index is -0.0501. The first-order valence-corrected chi connectivity index (χ1v) is 9.04. The molecule has 0 radical (unpaired) electrons. The number of aryl methyl sites for hydroxylation is 1. The Labute approximate surface area is 159 Å². The summed E-state index contributed by atoms with van der Waals surface area (Å²) in [5, 5.41) is 7.72. The van der Waals surface area contributed by atoms with Crippen LogP contribution in [0.25, 0.3) is 0 Å². The second kappa shape index (κ2) is 8.85. The number of benzene rings is 1. The third-order valence-electron chi connectivity index (χ3n) is 4.76. The number of rotatable bonds is 7. The third kappa shape index (κ3) is 4.97. The van der Waals surface area contributed by atoms with Gasteiger partial charge in [0.1, 0.15) is 11.5 Å². The van der Waals surface area contributed by atoms with Crippen LogP contribution < -0.4 is 9.47 Å². The van der Waals surface area contributed by atoms with Gasteiger partial charge in [-0.15, -0.1) is 5.10 Å². The predicted molar refractivity (Wildman–Crippen MR) is 98.8 cm³/mol. The topological polar surface area (TPSA) is 78.7 Å². The molecule has 1 aromatic carbocycles. The summed E-state index contributed by atoms with van der Waals surface area (Å²) in [7, 11) is 5.02. The first kappa shape index (κ1) is 19.2. The molecule has 27 heavy (non-hydrogen) atoms. The van der Waals surface area contributed by atoms with Gasteiger partial charge in [-0.1, -0.05) is 5.21 Å². The number of piperidine rings is 1. The molecule has 8 heteroatoms. The van der Waals surface area contributed by atoms with Crippen molar-refractivity contribution >= 4 is 5.91 Å². The van der Waals surface area contributed by atoms with E-state index in [-0.39, 0.29) is 5.91 Å². The Morgan fingerprint density at radius 2 is 1.81 bits per heavy atom. The van der Waals surface area contributed by atoms with Crippen LogP contribution in [0.4, 0.5) is 0 Å². The number of aromatic nitrogens is 3. The van der Waals surface area contributed by atoms with Crippen LogP contribution in [-0.4, -0.2) is 59.7 Å². The SMILES string of the molecule is COc1cc(COCC2CCN(C(=O)c3cn(C)nn3)CC2)cc(OC)c1. The van der Waals surface area contributed by atoms with Gasteiger partial charge in [-0.25, -0.2) is 0 Å². The van der Waals surface area contributed by atoms with E-state index >= 15 is 0 Å². The van der Waals surface area contributed by atoms with Gasteiger partial charge in [0.15, 0.2) is 5.69 Å². The van der Waals surface area contributed by atoms with Gasteiger partial charge in [-0.2, -0.15) is 0 Å². The molecule has 2 heterocycles. The highest BCUT2D eigenvalue weighted by atomic mass is 16.5. The zero-order chi connectivity index (χ0) is 19.2. The molecule has 1 aromatic heterocycles. The standard InChI is InChI=1S/C19H26N4O4/c1-22-11-18(20-21-22)19(24)23-6-4-14(5-7-23)12-27-13-15-8-16(25-2)10-17(9-15)26-3/h8-11,14H,4-7,12-13H2,1-3H3. The molecular formula is C19H26N4O4. The lowest BCUT2D eigenvalue weighted by Gasteiger charge is -2.31. The average Bonchev–Trinajstić information content (AvgIpc) is 3.14. The summed E-state index contributed by atoms with van der Waals surface area (Å²) >= 11 is 0. The summed E-state index contributed by atoms with van der Waals surface area (Å²) in [6.07, 6.45) is 3.50. The Kier molecular flexibility index (Phi) is 6.28. The largest absolute Gasteiger partial charge is 0.497 e. The maximum atomic E-state index is 12.4. The maximum absolute atomic E-state index is 12.4. The average molecular weight is 374 g/mol. The van der Waals surface area contributed by atoms with Crippen molar-refractivity contribution in [3.05, 3.63) is 35.7 Å². The molecule has 0 unspecified atom stereocenters. The number of amides is 1. The second-order valence-corrected chi connectivity index (χ2v) is 6.75. The van der Waals surface area contributed by atoms with Crippen LogP contribution in [0, 0.1) is 5.92 Å². The van der Waals surface area contributed by atoms with E-state index in [1.54, 1.807) is 32.1 Å². The minimum absolute atomic E-state index is 0.0501. The summed E-state index contributed by atoms with van der Waals surface area (Å²) in [5.41, 5.74) is 1.42. The normalized spacial score (nSPS) is 15.0. The summed E-state index contributed by atoms with van der Waals surface area (Å²) in [4.78, 5) is 14.2. The summed E-state index contributed by atoms with van der Waals surface area (Å²) in [6.45, 7) is 2.62. The van der Waals surface area contributed by atoms with Crippen molar-refractivity contribution in [2.45, 2.75) is 19.4 Å². The molecule has 0 aliphatic carbocycles. The van der Waals surface area contributed by atoms with E-state index in [0.29, 0.717) is 24.8 Å². The summed E-state index contributed by atoms with van der Waals surface area (Å²) in [6, 6.07) is 5.74. The fraction of sp³-hybridized carbons (Fsp3) is 0.526. The van der Waals surface area contributed by atoms with E-state index < -0.39 is 0 Å². The maximum Gasteiger partial charge on any atom is 0.276 e. The molecular weight excluding hydrogens is 348 g/mol. The lowest BCUT2D eigenvalue weighted by molar-refractivity contribution is 0.0474. The Morgan fingerprint density at radius 3 is 2.37 bits per heavy atom. The first-order valence-electron chi connectivity index (χ1n) is 9.04. The number of hydrogen-bond donors (Lipinski definition) is 0. The van der Waals surface area contributed by atoms with Gasteiger partial charge in [-0.05, 0) is 36.5 Å². The molecule has 0 atom stereocenters. The van der Waals surface area contributed by atoms with Gasteiger partial charge in [0.25, 0.3) is 5.91 Å². The number of carbonyl (C=O) groups excluding carboxylic acids is 1. The van der Waals surface area contributed by atoms with Crippen LogP contribution in [-0.2, 0) is 18.4 Å². The number of ether oxygens (including phenoxy) is 3. The van der Waals surface area contributed by atoms with Crippen molar-refractivity contribution in [3.63, 3.8) is 0 Å². The summed E-state index contributed by atoms with van der Waals surface area (Å²) < 4.78 is 18.0. The lowest BCUT2D eigenvalue weighted by Crippen LogP contribution is -2.39. The van der Waals surface area contributed by atoms with E-state index in [1.807, 2.05) is 23.1 Å². The Hall–Kier alpha value is -2.61. The molecule has 1 aliphatic rings. The van der Waals surface area contributed by atoms with E-state index in [2.05, 4.69) is 10.3 Å². The molecule has 0 N–H and O–H groups in total. The zero-order valence-electron chi connectivity index (χ0n) is 16.1. The molecule has 2 aromatic rings. The Morgan fingerprint density at radius 1 is 1.15 bits per heavy atom. The molecule has 3 rings (SSSR count). The van der Waals surface area contributed by atoms with Gasteiger partial charge in [0.05, 0.1) is 27.0 Å². The van der Waals surface area contributed by atoms with E-state index in [9.17, 15) is 4.79 Å². The quantitative estimate of drug-likeness (QED) is 0.737. The molecule has 1 fully saturated rings. The fourth-order valence-corrected chi connectivity index (χ4v) is 3.20. The lowest BCUT2D eigenvalue weighted by atomic mass is 9.97. The van der Waals surface area contributed by atoms with Crippen molar-refractivity contribution in [1.29, 1.82) is 0 Å². The van der Waals surface area contributed by atoms with Crippen LogP contribution in [0.3, 0.4) is 0 Å². The van der Waals surface area contributed by atoms with Crippen molar-refractivity contribution < 1.29 is 19.0 Å². The van der Waals surface area contributed by atoms with Gasteiger partial charge in [-0.3, -0.25) is 9.48 Å². The Balaban J connectivity index is 1.44. The van der Waals surface area contributed by atoms with Gasteiger partial charge in [0, 0.05) is 32.8 Å². The van der Waals surface area contributed by atoms with Crippen molar-refractivity contribution in [3.8, 4) is 11.5 Å². The van der Waals surface area contributed by atoms with E-state index in [1.165, 1.54) is 0 Å². The molecule has 0 spiro atoms. The summed E-state index contributed by atoms with van der Waals surface area (Å²) in [5.74, 6) is 1.90. The molecule has 0 bridgehead atoms. The van der Waals surface area contributed by atoms with Gasteiger partial charge >= 0.3 is 0 Å². The fourth-order valence-electron chi connectivity index (χ4n) is 3.20. The van der Waals surface area contributed by atoms with Crippen LogP contribution in [0.15, 0.2) is 24.4 Å². The van der Waals surface area contributed by atoms with Crippen LogP contribution in [0.5, 0.6) is 11.5 Å². The highest BCUT2D eigenvalue weighted by Crippen LogP contribution is 2.24. The van der Waals surface area contributed by atoms with Crippen LogP contribution >= 0.6 is 0 Å². The van der Waals surface area contributed by atoms with E-state index in [4.69, 9.17) is 14.2 Å². The monoisotopic (exact) mass is 374 g/mol. The third-order valence-corrected chi connectivity index (χ3v) is 4.76. The van der Waals surface area contributed by atoms with E-state index in [0.717, 1.165) is 43.0 Å². The zero-order valence-corrected chi connectivity index (χ0v) is 16.1. The number of nitrogens with zero attached hydrogens (tertiary/aromatic N) is 4. The van der Waals surface area contributed by atoms with Crippen LogP contribution in [0.1, 0.15) is 28.9 Å². The first-order chi connectivity index (χ1) is 13.1. The van der Waals surface area contributed by atoms with Crippen molar-refractivity contribution in [2.75, 3.05) is 33.9 Å². The molecule has 8 nitrogen and oxygen atoms in total. The van der Waals surface area contributed by atoms with Crippen LogP contribution in [0.2, 0.25) is 0 Å². The Bertz CT molecular complexity index is 747. The number of carbonyl (C=O) groups is 1. The number of hydrogen-bond acceptors (Lipinski definition) is 6. The molecule has 1 saturated heterocycles. The van der Waals surface area contributed by atoms with Gasteiger partial charge < -0.3 is 19.1 Å². The number of likely N-dealkylation sites (tertiary alicyclic amines) is 1. The predicted octanol–water partition coefficient (Wildman–Crippen LogP) is 1.90. The highest BCUT2D eigenvalue weighted by Gasteiger charge is 2.25.